The fourth-order valence-corrected chi connectivity index (χ4v) is 4.30. The summed E-state index contributed by atoms with van der Waals surface area (Å²) in [4.78, 5) is 13.4. The minimum atomic E-state index is -0.482. The average Bonchev–Trinajstić information content (AvgIpc) is 2.91. The van der Waals surface area contributed by atoms with Crippen molar-refractivity contribution in [3.63, 3.8) is 0 Å². The van der Waals surface area contributed by atoms with Crippen molar-refractivity contribution < 1.29 is 4.79 Å². The maximum Gasteiger partial charge on any atom is 0.235 e. The van der Waals surface area contributed by atoms with Crippen LogP contribution in [0.25, 0.3) is 5.57 Å². The zero-order chi connectivity index (χ0) is 17.0. The molecule has 2 aliphatic carbocycles. The van der Waals surface area contributed by atoms with Gasteiger partial charge in [-0.25, -0.2) is 0 Å². The predicted octanol–water partition coefficient (Wildman–Crippen LogP) is 5.15. The smallest absolute Gasteiger partial charge is 0.235 e. The van der Waals surface area contributed by atoms with Crippen LogP contribution in [0.4, 0.5) is 0 Å². The van der Waals surface area contributed by atoms with Gasteiger partial charge in [-0.2, -0.15) is 0 Å². The van der Waals surface area contributed by atoms with Gasteiger partial charge in [0, 0.05) is 6.54 Å². The highest BCUT2D eigenvalue weighted by molar-refractivity contribution is 6.05. The molecule has 0 saturated carbocycles. The van der Waals surface area contributed by atoms with Gasteiger partial charge in [0.15, 0.2) is 0 Å². The standard InChI is InChI=1S/C22H29NO/c1-3-5-10-16-23-21(24)22(15-4-2)19-13-8-6-11-17(19)18-12-7-9-14-20(18)22/h6,8,11-14H,3-5,7,9-10,15-16H2,1-2H3,(H,23,24). The van der Waals surface area contributed by atoms with Crippen LogP contribution < -0.4 is 5.32 Å². The Morgan fingerprint density at radius 3 is 2.67 bits per heavy atom. The number of allylic oxidation sites excluding steroid dienone is 3. The normalized spacial score (nSPS) is 21.6. The first kappa shape index (κ1) is 17.0. The predicted molar refractivity (Wildman–Crippen MR) is 101 cm³/mol. The summed E-state index contributed by atoms with van der Waals surface area (Å²) in [5.41, 5.74) is 4.54. The Hall–Kier alpha value is -1.83. The van der Waals surface area contributed by atoms with Crippen molar-refractivity contribution >= 4 is 11.5 Å². The number of carbonyl (C=O) groups excluding carboxylic acids is 1. The van der Waals surface area contributed by atoms with Crippen LogP contribution in [0.1, 0.15) is 69.9 Å². The summed E-state index contributed by atoms with van der Waals surface area (Å²) in [6, 6.07) is 8.51. The lowest BCUT2D eigenvalue weighted by molar-refractivity contribution is -0.125. The van der Waals surface area contributed by atoms with Crippen LogP contribution >= 0.6 is 0 Å². The molecule has 2 nitrogen and oxygen atoms in total. The second kappa shape index (κ2) is 7.38. The van der Waals surface area contributed by atoms with Crippen molar-refractivity contribution in [3.8, 4) is 0 Å². The highest BCUT2D eigenvalue weighted by Crippen LogP contribution is 2.53. The number of fused-ring (bicyclic) bond motifs is 3. The lowest BCUT2D eigenvalue weighted by Crippen LogP contribution is -2.44. The number of unbranched alkanes of at least 4 members (excludes halogenated alkanes) is 2. The summed E-state index contributed by atoms with van der Waals surface area (Å²) in [5, 5.41) is 3.25. The summed E-state index contributed by atoms with van der Waals surface area (Å²) < 4.78 is 0. The molecule has 2 heteroatoms. The van der Waals surface area contributed by atoms with E-state index in [4.69, 9.17) is 0 Å². The first-order valence-electron chi connectivity index (χ1n) is 9.55. The molecule has 0 heterocycles. The van der Waals surface area contributed by atoms with E-state index < -0.39 is 5.41 Å². The van der Waals surface area contributed by atoms with Gasteiger partial charge in [-0.3, -0.25) is 4.79 Å². The zero-order valence-electron chi connectivity index (χ0n) is 15.0. The highest BCUT2D eigenvalue weighted by atomic mass is 16.2. The number of rotatable bonds is 7. The SMILES string of the molecule is CCCCCNC(=O)C1(CCC)C2=CCCC=C2c2ccccc21. The van der Waals surface area contributed by atoms with Crippen LogP contribution in [0.2, 0.25) is 0 Å². The molecule has 0 radical (unpaired) electrons. The van der Waals surface area contributed by atoms with E-state index in [0.29, 0.717) is 0 Å². The van der Waals surface area contributed by atoms with E-state index >= 15 is 0 Å². The Bertz CT molecular complexity index is 670. The van der Waals surface area contributed by atoms with Crippen molar-refractivity contribution in [1.29, 1.82) is 0 Å². The number of hydrogen-bond acceptors (Lipinski definition) is 1. The van der Waals surface area contributed by atoms with E-state index in [1.165, 1.54) is 35.1 Å². The van der Waals surface area contributed by atoms with Gasteiger partial charge in [0.1, 0.15) is 0 Å². The molecule has 1 N–H and O–H groups in total. The molecule has 1 unspecified atom stereocenters. The number of carbonyl (C=O) groups is 1. The molecular weight excluding hydrogens is 294 g/mol. The van der Waals surface area contributed by atoms with Gasteiger partial charge in [0.25, 0.3) is 0 Å². The van der Waals surface area contributed by atoms with E-state index in [1.807, 2.05) is 0 Å². The molecule has 0 spiro atoms. The summed E-state index contributed by atoms with van der Waals surface area (Å²) in [6.45, 7) is 5.16. The van der Waals surface area contributed by atoms with Crippen LogP contribution in [0.5, 0.6) is 0 Å². The van der Waals surface area contributed by atoms with Crippen molar-refractivity contribution in [2.75, 3.05) is 6.54 Å². The molecule has 3 rings (SSSR count). The molecule has 0 fully saturated rings. The topological polar surface area (TPSA) is 29.1 Å². The molecule has 0 saturated heterocycles. The van der Waals surface area contributed by atoms with Gasteiger partial charge in [0.05, 0.1) is 5.41 Å². The first-order chi connectivity index (χ1) is 11.8. The Labute approximate surface area is 146 Å². The lowest BCUT2D eigenvalue weighted by atomic mass is 9.72. The molecule has 1 atom stereocenters. The third-order valence-corrected chi connectivity index (χ3v) is 5.37. The molecule has 0 aromatic heterocycles. The first-order valence-corrected chi connectivity index (χ1v) is 9.55. The fourth-order valence-electron chi connectivity index (χ4n) is 4.30. The van der Waals surface area contributed by atoms with Crippen LogP contribution in [0.3, 0.4) is 0 Å². The zero-order valence-corrected chi connectivity index (χ0v) is 15.0. The quantitative estimate of drug-likeness (QED) is 0.691. The lowest BCUT2D eigenvalue weighted by Gasteiger charge is -2.32. The van der Waals surface area contributed by atoms with E-state index in [9.17, 15) is 4.79 Å². The van der Waals surface area contributed by atoms with Crippen LogP contribution in [0, 0.1) is 0 Å². The number of amides is 1. The van der Waals surface area contributed by atoms with Gasteiger partial charge in [0.2, 0.25) is 5.91 Å². The summed E-state index contributed by atoms with van der Waals surface area (Å²) >= 11 is 0. The van der Waals surface area contributed by atoms with Crippen LogP contribution in [0.15, 0.2) is 42.0 Å². The van der Waals surface area contributed by atoms with Crippen molar-refractivity contribution in [3.05, 3.63) is 53.1 Å². The molecule has 24 heavy (non-hydrogen) atoms. The Morgan fingerprint density at radius 2 is 1.88 bits per heavy atom. The maximum atomic E-state index is 13.4. The number of nitrogens with one attached hydrogen (secondary N) is 1. The Balaban J connectivity index is 2.00. The second-order valence-corrected chi connectivity index (χ2v) is 6.98. The molecule has 0 bridgehead atoms. The molecule has 1 aromatic carbocycles. The number of benzene rings is 1. The van der Waals surface area contributed by atoms with Crippen molar-refractivity contribution in [1.82, 2.24) is 5.32 Å². The fraction of sp³-hybridized carbons (Fsp3) is 0.500. The summed E-state index contributed by atoms with van der Waals surface area (Å²) in [5.74, 6) is 0.199. The largest absolute Gasteiger partial charge is 0.355 e. The number of hydrogen-bond donors (Lipinski definition) is 1. The van der Waals surface area contributed by atoms with Crippen molar-refractivity contribution in [2.24, 2.45) is 0 Å². The minimum absolute atomic E-state index is 0.199. The molecule has 128 valence electrons. The molecule has 0 aliphatic heterocycles. The average molecular weight is 323 g/mol. The second-order valence-electron chi connectivity index (χ2n) is 6.98. The van der Waals surface area contributed by atoms with Gasteiger partial charge in [-0.1, -0.05) is 69.5 Å². The monoisotopic (exact) mass is 323 g/mol. The van der Waals surface area contributed by atoms with Crippen LogP contribution in [-0.4, -0.2) is 12.5 Å². The van der Waals surface area contributed by atoms with Gasteiger partial charge in [-0.15, -0.1) is 0 Å². The maximum absolute atomic E-state index is 13.4. The van der Waals surface area contributed by atoms with Gasteiger partial charge in [-0.05, 0) is 48.0 Å². The Kier molecular flexibility index (Phi) is 5.23. The molecule has 1 amide bonds. The third-order valence-electron chi connectivity index (χ3n) is 5.37. The highest BCUT2D eigenvalue weighted by Gasteiger charge is 2.50. The van der Waals surface area contributed by atoms with E-state index in [0.717, 1.165) is 38.6 Å². The van der Waals surface area contributed by atoms with Crippen molar-refractivity contribution in [2.45, 2.75) is 64.2 Å². The third kappa shape index (κ3) is 2.72. The molecule has 1 aromatic rings. The van der Waals surface area contributed by atoms with Gasteiger partial charge >= 0.3 is 0 Å². The van der Waals surface area contributed by atoms with E-state index in [-0.39, 0.29) is 5.91 Å². The van der Waals surface area contributed by atoms with Gasteiger partial charge < -0.3 is 5.32 Å². The summed E-state index contributed by atoms with van der Waals surface area (Å²) in [6.07, 6.45) is 12.1. The van der Waals surface area contributed by atoms with E-state index in [2.05, 4.69) is 55.6 Å². The summed E-state index contributed by atoms with van der Waals surface area (Å²) in [7, 11) is 0. The molecular formula is C22H29NO. The molecule has 2 aliphatic rings. The van der Waals surface area contributed by atoms with E-state index in [1.54, 1.807) is 0 Å². The minimum Gasteiger partial charge on any atom is -0.355 e. The van der Waals surface area contributed by atoms with Crippen LogP contribution in [-0.2, 0) is 10.2 Å². The Morgan fingerprint density at radius 1 is 1.08 bits per heavy atom.